The first kappa shape index (κ1) is 30.0. The lowest BCUT2D eigenvalue weighted by Gasteiger charge is -2.39. The molecule has 1 aliphatic heterocycles. The van der Waals surface area contributed by atoms with Gasteiger partial charge in [-0.05, 0) is 73.2 Å². The summed E-state index contributed by atoms with van der Waals surface area (Å²) in [5.74, 6) is 1.45. The van der Waals surface area contributed by atoms with E-state index in [0.29, 0.717) is 12.8 Å². The number of rotatable bonds is 11. The number of amides is 1. The molecule has 0 aliphatic carbocycles. The second-order valence-electron chi connectivity index (χ2n) is 10.6. The van der Waals surface area contributed by atoms with Gasteiger partial charge >= 0.3 is 5.69 Å². The van der Waals surface area contributed by atoms with Crippen LogP contribution in [0, 0.1) is 0 Å². The fraction of sp³-hybridized carbons (Fsp3) is 0.324. The molecule has 0 spiro atoms. The molecule has 43 heavy (non-hydrogen) atoms. The van der Waals surface area contributed by atoms with Crippen LogP contribution in [0.3, 0.4) is 0 Å². The molecule has 3 unspecified atom stereocenters. The number of benzene rings is 3. The molecular formula is C34H37N3O6. The van der Waals surface area contributed by atoms with Crippen LogP contribution >= 0.6 is 0 Å². The number of aromatic nitrogens is 2. The molecule has 1 amide bonds. The average Bonchev–Trinajstić information content (AvgIpc) is 3.48. The first-order chi connectivity index (χ1) is 20.8. The molecule has 1 saturated heterocycles. The second-order valence-corrected chi connectivity index (χ2v) is 10.6. The molecule has 1 N–H and O–H groups in total. The van der Waals surface area contributed by atoms with E-state index in [2.05, 4.69) is 29.4 Å². The summed E-state index contributed by atoms with van der Waals surface area (Å²) in [5.41, 5.74) is 1.50. The van der Waals surface area contributed by atoms with Crippen LogP contribution in [-0.4, -0.2) is 41.9 Å². The summed E-state index contributed by atoms with van der Waals surface area (Å²) >= 11 is 0. The zero-order chi connectivity index (χ0) is 30.4. The maximum atomic E-state index is 12.7. The molecule has 5 rings (SSSR count). The predicted octanol–water partition coefficient (Wildman–Crippen LogP) is 5.68. The van der Waals surface area contributed by atoms with Gasteiger partial charge in [0.25, 0.3) is 0 Å². The Morgan fingerprint density at radius 1 is 0.930 bits per heavy atom. The molecule has 1 aliphatic rings. The van der Waals surface area contributed by atoms with Crippen LogP contribution in [0.2, 0.25) is 0 Å². The largest absolute Gasteiger partial charge is 0.497 e. The normalized spacial score (nSPS) is 17.3. The van der Waals surface area contributed by atoms with Crippen molar-refractivity contribution >= 4 is 11.7 Å². The summed E-state index contributed by atoms with van der Waals surface area (Å²) in [6, 6.07) is 27.7. The van der Waals surface area contributed by atoms with E-state index in [1.165, 1.54) is 11.5 Å². The minimum Gasteiger partial charge on any atom is -0.497 e. The number of methoxy groups -OCH3 is 2. The molecule has 224 valence electrons. The van der Waals surface area contributed by atoms with Gasteiger partial charge in [-0.2, -0.15) is 4.98 Å². The van der Waals surface area contributed by atoms with E-state index < -0.39 is 17.5 Å². The van der Waals surface area contributed by atoms with E-state index in [9.17, 15) is 9.59 Å². The van der Waals surface area contributed by atoms with E-state index in [1.807, 2.05) is 66.7 Å². The number of carbonyl (C=O) groups excluding carboxylic acids is 1. The Kier molecular flexibility index (Phi) is 9.23. The van der Waals surface area contributed by atoms with Crippen molar-refractivity contribution < 1.29 is 23.7 Å². The summed E-state index contributed by atoms with van der Waals surface area (Å²) in [5, 5.41) is 2.54. The van der Waals surface area contributed by atoms with Gasteiger partial charge < -0.3 is 24.3 Å². The molecule has 2 heterocycles. The quantitative estimate of drug-likeness (QED) is 0.227. The number of carbonyl (C=O) groups is 1. The first-order valence-electron chi connectivity index (χ1n) is 14.4. The highest BCUT2D eigenvalue weighted by molar-refractivity contribution is 5.87. The highest BCUT2D eigenvalue weighted by Gasteiger charge is 2.40. The lowest BCUT2D eigenvalue weighted by atomic mass is 9.79. The SMILES string of the molecule is COc1ccc(C(OC(C)CC2CCC(n3ccc(NC(C)=O)nc3=O)O2)(c2ccccc2)c2ccc(OC)cc2)cc1. The third-order valence-corrected chi connectivity index (χ3v) is 7.68. The maximum absolute atomic E-state index is 12.7. The minimum atomic E-state index is -0.933. The Bertz CT molecular complexity index is 1520. The number of ether oxygens (including phenoxy) is 4. The minimum absolute atomic E-state index is 0.123. The number of anilines is 1. The van der Waals surface area contributed by atoms with Gasteiger partial charge in [-0.15, -0.1) is 0 Å². The van der Waals surface area contributed by atoms with Crippen LogP contribution in [0.15, 0.2) is 95.9 Å². The van der Waals surface area contributed by atoms with Crippen molar-refractivity contribution in [2.75, 3.05) is 19.5 Å². The summed E-state index contributed by atoms with van der Waals surface area (Å²) in [6.07, 6.45) is 2.86. The van der Waals surface area contributed by atoms with Crippen molar-refractivity contribution in [3.8, 4) is 11.5 Å². The monoisotopic (exact) mass is 583 g/mol. The van der Waals surface area contributed by atoms with Gasteiger partial charge in [0.05, 0.1) is 26.4 Å². The van der Waals surface area contributed by atoms with Crippen molar-refractivity contribution in [3.05, 3.63) is 118 Å². The van der Waals surface area contributed by atoms with Gasteiger partial charge in [-0.3, -0.25) is 9.36 Å². The van der Waals surface area contributed by atoms with Gasteiger partial charge in [0.2, 0.25) is 5.91 Å². The van der Waals surface area contributed by atoms with Crippen molar-refractivity contribution in [1.29, 1.82) is 0 Å². The zero-order valence-corrected chi connectivity index (χ0v) is 24.9. The van der Waals surface area contributed by atoms with Crippen LogP contribution < -0.4 is 20.5 Å². The summed E-state index contributed by atoms with van der Waals surface area (Å²) in [6.45, 7) is 3.42. The molecular weight excluding hydrogens is 546 g/mol. The number of hydrogen-bond donors (Lipinski definition) is 1. The molecule has 0 bridgehead atoms. The standard InChI is InChI=1S/C34H37N3O6/c1-23(22-30-18-19-32(42-30)37-21-20-31(35-24(2)38)36-33(37)39)43-34(25-8-6-5-7-9-25,26-10-14-28(40-3)15-11-26)27-12-16-29(41-4)17-13-27/h5-17,20-21,23,30,32H,18-19,22H2,1-4H3,(H,35,36,38,39). The fourth-order valence-corrected chi connectivity index (χ4v) is 5.70. The molecule has 3 atom stereocenters. The van der Waals surface area contributed by atoms with Gasteiger partial charge in [-0.1, -0.05) is 54.6 Å². The zero-order valence-electron chi connectivity index (χ0n) is 24.9. The van der Waals surface area contributed by atoms with E-state index in [4.69, 9.17) is 18.9 Å². The van der Waals surface area contributed by atoms with Gasteiger partial charge in [0.15, 0.2) is 0 Å². The van der Waals surface area contributed by atoms with Crippen molar-refractivity contribution in [2.24, 2.45) is 0 Å². The van der Waals surface area contributed by atoms with Crippen LogP contribution in [-0.2, 0) is 19.9 Å². The third kappa shape index (κ3) is 6.63. The number of nitrogens with one attached hydrogen (secondary N) is 1. The molecule has 9 heteroatoms. The Hall–Kier alpha value is -4.47. The molecule has 3 aromatic carbocycles. The van der Waals surface area contributed by atoms with Gasteiger partial charge in [-0.25, -0.2) is 4.79 Å². The molecule has 0 radical (unpaired) electrons. The van der Waals surface area contributed by atoms with E-state index >= 15 is 0 Å². The topological polar surface area (TPSA) is 101 Å². The summed E-state index contributed by atoms with van der Waals surface area (Å²) in [7, 11) is 3.30. The lowest BCUT2D eigenvalue weighted by Crippen LogP contribution is -2.37. The van der Waals surface area contributed by atoms with Crippen LogP contribution in [0.5, 0.6) is 11.5 Å². The molecule has 0 saturated carbocycles. The highest BCUT2D eigenvalue weighted by Crippen LogP contribution is 2.43. The van der Waals surface area contributed by atoms with Crippen molar-refractivity contribution in [1.82, 2.24) is 9.55 Å². The predicted molar refractivity (Wildman–Crippen MR) is 163 cm³/mol. The molecule has 9 nitrogen and oxygen atoms in total. The van der Waals surface area contributed by atoms with Gasteiger partial charge in [0.1, 0.15) is 29.1 Å². The lowest BCUT2D eigenvalue weighted by molar-refractivity contribution is -0.114. The number of hydrogen-bond acceptors (Lipinski definition) is 7. The fourth-order valence-electron chi connectivity index (χ4n) is 5.70. The smallest absolute Gasteiger partial charge is 0.351 e. The highest BCUT2D eigenvalue weighted by atomic mass is 16.5. The van der Waals surface area contributed by atoms with E-state index in [0.717, 1.165) is 34.6 Å². The average molecular weight is 584 g/mol. The maximum Gasteiger partial charge on any atom is 0.351 e. The summed E-state index contributed by atoms with van der Waals surface area (Å²) < 4.78 is 25.8. The Morgan fingerprint density at radius 3 is 2.05 bits per heavy atom. The third-order valence-electron chi connectivity index (χ3n) is 7.68. The Labute approximate surface area is 251 Å². The van der Waals surface area contributed by atoms with Crippen molar-refractivity contribution in [3.63, 3.8) is 0 Å². The summed E-state index contributed by atoms with van der Waals surface area (Å²) in [4.78, 5) is 28.0. The van der Waals surface area contributed by atoms with Crippen LogP contribution in [0.25, 0.3) is 0 Å². The van der Waals surface area contributed by atoms with Crippen LogP contribution in [0.1, 0.15) is 56.0 Å². The van der Waals surface area contributed by atoms with E-state index in [1.54, 1.807) is 26.5 Å². The first-order valence-corrected chi connectivity index (χ1v) is 14.4. The second kappa shape index (κ2) is 13.2. The Morgan fingerprint density at radius 2 is 1.51 bits per heavy atom. The molecule has 1 aromatic heterocycles. The molecule has 1 fully saturated rings. The Balaban J connectivity index is 1.43. The van der Waals surface area contributed by atoms with Gasteiger partial charge in [0, 0.05) is 13.1 Å². The number of nitrogens with zero attached hydrogens (tertiary/aromatic N) is 2. The van der Waals surface area contributed by atoms with E-state index in [-0.39, 0.29) is 23.9 Å². The van der Waals surface area contributed by atoms with Crippen molar-refractivity contribution in [2.45, 2.75) is 57.1 Å². The molecule has 4 aromatic rings. The van der Waals surface area contributed by atoms with Crippen LogP contribution in [0.4, 0.5) is 5.82 Å².